The Bertz CT molecular complexity index is 518. The number of rotatable bonds is 3. The van der Waals surface area contributed by atoms with Crippen LogP contribution in [0.1, 0.15) is 36.5 Å². The van der Waals surface area contributed by atoms with Gasteiger partial charge < -0.3 is 11.1 Å². The van der Waals surface area contributed by atoms with Gasteiger partial charge in [0.2, 0.25) is 0 Å². The predicted octanol–water partition coefficient (Wildman–Crippen LogP) is 1.49. The van der Waals surface area contributed by atoms with E-state index in [1.807, 2.05) is 0 Å². The molecule has 102 valence electrons. The molecule has 7 heteroatoms. The second-order valence-corrected chi connectivity index (χ2v) is 4.87. The van der Waals surface area contributed by atoms with Gasteiger partial charge in [-0.05, 0) is 24.8 Å². The molecular weight excluding hydrogens is 248 g/mol. The van der Waals surface area contributed by atoms with Crippen LogP contribution >= 0.6 is 0 Å². The van der Waals surface area contributed by atoms with Crippen molar-refractivity contribution in [3.63, 3.8) is 0 Å². The molecule has 19 heavy (non-hydrogen) atoms. The summed E-state index contributed by atoms with van der Waals surface area (Å²) >= 11 is 0. The number of carbonyl (C=O) groups excluding carboxylic acids is 1. The summed E-state index contributed by atoms with van der Waals surface area (Å²) in [6.07, 6.45) is 4.04. The van der Waals surface area contributed by atoms with E-state index >= 15 is 0 Å². The number of nitrogen functional groups attached to an aromatic ring is 1. The van der Waals surface area contributed by atoms with Crippen LogP contribution in [0.15, 0.2) is 12.3 Å². The Balaban J connectivity index is 2.22. The van der Waals surface area contributed by atoms with E-state index in [-0.39, 0.29) is 23.1 Å². The second kappa shape index (κ2) is 5.21. The molecule has 0 spiro atoms. The number of nitro groups is 1. The number of amides is 1. The van der Waals surface area contributed by atoms with Crippen LogP contribution in [0.5, 0.6) is 0 Å². The fourth-order valence-electron chi connectivity index (χ4n) is 2.40. The third-order valence-electron chi connectivity index (χ3n) is 3.52. The summed E-state index contributed by atoms with van der Waals surface area (Å²) in [7, 11) is 0. The Morgan fingerprint density at radius 1 is 1.58 bits per heavy atom. The van der Waals surface area contributed by atoms with E-state index in [1.54, 1.807) is 0 Å². The molecule has 1 heterocycles. The van der Waals surface area contributed by atoms with E-state index in [0.29, 0.717) is 5.92 Å². The first-order valence-electron chi connectivity index (χ1n) is 6.20. The Morgan fingerprint density at radius 3 is 2.89 bits per heavy atom. The average Bonchev–Trinajstić information content (AvgIpc) is 2.74. The third-order valence-corrected chi connectivity index (χ3v) is 3.52. The van der Waals surface area contributed by atoms with Gasteiger partial charge in [-0.2, -0.15) is 0 Å². The minimum absolute atomic E-state index is 0.0309. The van der Waals surface area contributed by atoms with Gasteiger partial charge in [-0.3, -0.25) is 14.9 Å². The van der Waals surface area contributed by atoms with Crippen molar-refractivity contribution in [2.75, 3.05) is 5.73 Å². The van der Waals surface area contributed by atoms with Crippen molar-refractivity contribution in [3.05, 3.63) is 27.9 Å². The lowest BCUT2D eigenvalue weighted by Gasteiger charge is -2.17. The van der Waals surface area contributed by atoms with E-state index in [9.17, 15) is 14.9 Å². The Labute approximate surface area is 110 Å². The Morgan fingerprint density at radius 2 is 2.32 bits per heavy atom. The molecule has 1 aliphatic carbocycles. The first-order chi connectivity index (χ1) is 8.99. The summed E-state index contributed by atoms with van der Waals surface area (Å²) in [4.78, 5) is 26.0. The van der Waals surface area contributed by atoms with Gasteiger partial charge in [-0.15, -0.1) is 0 Å². The quantitative estimate of drug-likeness (QED) is 0.634. The number of anilines is 1. The number of hydrogen-bond acceptors (Lipinski definition) is 5. The second-order valence-electron chi connectivity index (χ2n) is 4.87. The summed E-state index contributed by atoms with van der Waals surface area (Å²) in [5.41, 5.74) is 5.13. The number of pyridine rings is 1. The predicted molar refractivity (Wildman–Crippen MR) is 69.6 cm³/mol. The maximum Gasteiger partial charge on any atom is 0.300 e. The van der Waals surface area contributed by atoms with Crippen LogP contribution < -0.4 is 11.1 Å². The van der Waals surface area contributed by atoms with Crippen molar-refractivity contribution in [1.29, 1.82) is 0 Å². The molecule has 2 atom stereocenters. The monoisotopic (exact) mass is 264 g/mol. The molecule has 0 bridgehead atoms. The summed E-state index contributed by atoms with van der Waals surface area (Å²) in [5.74, 6) is 0.0250. The molecule has 1 aromatic heterocycles. The van der Waals surface area contributed by atoms with Gasteiger partial charge in [0.25, 0.3) is 11.6 Å². The average molecular weight is 264 g/mol. The van der Waals surface area contributed by atoms with Crippen molar-refractivity contribution in [3.8, 4) is 0 Å². The molecule has 2 rings (SSSR count). The van der Waals surface area contributed by atoms with E-state index in [1.165, 1.54) is 6.07 Å². The molecular formula is C12H16N4O3. The van der Waals surface area contributed by atoms with Crippen LogP contribution in [0.4, 0.5) is 11.5 Å². The highest BCUT2D eigenvalue weighted by molar-refractivity contribution is 5.98. The number of nitrogens with zero attached hydrogens (tertiary/aromatic N) is 2. The van der Waals surface area contributed by atoms with Gasteiger partial charge in [0.15, 0.2) is 0 Å². The molecule has 1 aromatic rings. The van der Waals surface area contributed by atoms with E-state index in [4.69, 9.17) is 5.73 Å². The van der Waals surface area contributed by atoms with Gasteiger partial charge >= 0.3 is 0 Å². The highest BCUT2D eigenvalue weighted by atomic mass is 16.6. The normalized spacial score (nSPS) is 22.2. The van der Waals surface area contributed by atoms with E-state index < -0.39 is 10.8 Å². The molecule has 0 aliphatic heterocycles. The lowest BCUT2D eigenvalue weighted by molar-refractivity contribution is -0.385. The van der Waals surface area contributed by atoms with Crippen molar-refractivity contribution in [2.45, 2.75) is 32.2 Å². The minimum Gasteiger partial charge on any atom is -0.384 e. The maximum atomic E-state index is 12.1. The van der Waals surface area contributed by atoms with Gasteiger partial charge in [0.05, 0.1) is 4.92 Å². The van der Waals surface area contributed by atoms with Gasteiger partial charge in [-0.25, -0.2) is 4.98 Å². The summed E-state index contributed by atoms with van der Waals surface area (Å²) in [6, 6.07) is 1.31. The van der Waals surface area contributed by atoms with Gasteiger partial charge in [0, 0.05) is 6.04 Å². The summed E-state index contributed by atoms with van der Waals surface area (Å²) < 4.78 is 0. The zero-order chi connectivity index (χ0) is 14.0. The number of aromatic nitrogens is 1. The maximum absolute atomic E-state index is 12.1. The number of carbonyl (C=O) groups is 1. The SMILES string of the molecule is CC1CCCC1NC(=O)c1cc(N)ncc1[N+](=O)[O-]. The molecule has 1 fully saturated rings. The molecule has 7 nitrogen and oxygen atoms in total. The van der Waals surface area contributed by atoms with E-state index in [2.05, 4.69) is 17.2 Å². The van der Waals surface area contributed by atoms with Crippen molar-refractivity contribution in [2.24, 2.45) is 5.92 Å². The number of nitrogens with one attached hydrogen (secondary N) is 1. The van der Waals surface area contributed by atoms with Crippen LogP contribution in [0, 0.1) is 16.0 Å². The molecule has 1 aliphatic rings. The molecule has 2 unspecified atom stereocenters. The molecule has 0 aromatic carbocycles. The topological polar surface area (TPSA) is 111 Å². The molecule has 0 saturated heterocycles. The van der Waals surface area contributed by atoms with E-state index in [0.717, 1.165) is 25.5 Å². The fourth-order valence-corrected chi connectivity index (χ4v) is 2.40. The van der Waals surface area contributed by atoms with Crippen LogP contribution in [-0.2, 0) is 0 Å². The van der Waals surface area contributed by atoms with Crippen LogP contribution in [0.2, 0.25) is 0 Å². The summed E-state index contributed by atoms with van der Waals surface area (Å²) in [6.45, 7) is 2.06. The molecule has 1 saturated carbocycles. The first kappa shape index (κ1) is 13.3. The lowest BCUT2D eigenvalue weighted by atomic mass is 10.1. The highest BCUT2D eigenvalue weighted by Crippen LogP contribution is 2.26. The largest absolute Gasteiger partial charge is 0.384 e. The highest BCUT2D eigenvalue weighted by Gasteiger charge is 2.28. The lowest BCUT2D eigenvalue weighted by Crippen LogP contribution is -2.36. The third kappa shape index (κ3) is 2.81. The first-order valence-corrected chi connectivity index (χ1v) is 6.20. The van der Waals surface area contributed by atoms with Crippen molar-refractivity contribution >= 4 is 17.4 Å². The van der Waals surface area contributed by atoms with Crippen molar-refractivity contribution < 1.29 is 9.72 Å². The van der Waals surface area contributed by atoms with Crippen molar-refractivity contribution in [1.82, 2.24) is 10.3 Å². The Kier molecular flexibility index (Phi) is 3.64. The van der Waals surface area contributed by atoms with Crippen LogP contribution in [-0.4, -0.2) is 21.9 Å². The summed E-state index contributed by atoms with van der Waals surface area (Å²) in [5, 5.41) is 13.7. The standard InChI is InChI=1S/C12H16N4O3/c1-7-3-2-4-9(7)15-12(17)8-5-11(13)14-6-10(8)16(18)19/h5-7,9H,2-4H2,1H3,(H2,13,14)(H,15,17). The smallest absolute Gasteiger partial charge is 0.300 e. The molecule has 3 N–H and O–H groups in total. The molecule has 0 radical (unpaired) electrons. The van der Waals surface area contributed by atoms with Crippen LogP contribution in [0.3, 0.4) is 0 Å². The Hall–Kier alpha value is -2.18. The number of nitrogens with two attached hydrogens (primary N) is 1. The van der Waals surface area contributed by atoms with Crippen LogP contribution in [0.25, 0.3) is 0 Å². The number of hydrogen-bond donors (Lipinski definition) is 2. The fraction of sp³-hybridized carbons (Fsp3) is 0.500. The zero-order valence-electron chi connectivity index (χ0n) is 10.6. The zero-order valence-corrected chi connectivity index (χ0v) is 10.6. The minimum atomic E-state index is -0.626. The van der Waals surface area contributed by atoms with Gasteiger partial charge in [0.1, 0.15) is 17.6 Å². The molecule has 1 amide bonds. The van der Waals surface area contributed by atoms with Gasteiger partial charge in [-0.1, -0.05) is 13.3 Å².